The second-order valence-corrected chi connectivity index (χ2v) is 6.64. The Morgan fingerprint density at radius 2 is 1.75 bits per heavy atom. The maximum Gasteiger partial charge on any atom is 0.0265 e. The van der Waals surface area contributed by atoms with Crippen molar-refractivity contribution in [2.24, 2.45) is 5.73 Å². The van der Waals surface area contributed by atoms with Gasteiger partial charge < -0.3 is 5.73 Å². The molecule has 0 fully saturated rings. The number of halogens is 1. The lowest BCUT2D eigenvalue weighted by Crippen LogP contribution is -2.44. The van der Waals surface area contributed by atoms with Crippen LogP contribution < -0.4 is 5.73 Å². The SMILES string of the molecule is NCC1Cc2ccccc2CN1Cc1ccc(I)cc1. The summed E-state index contributed by atoms with van der Waals surface area (Å²) in [5.41, 5.74) is 10.3. The average Bonchev–Trinajstić information content (AvgIpc) is 2.49. The summed E-state index contributed by atoms with van der Waals surface area (Å²) < 4.78 is 1.28. The largest absolute Gasteiger partial charge is 0.329 e. The first kappa shape index (κ1) is 14.0. The molecule has 0 saturated heterocycles. The molecule has 1 atom stereocenters. The number of hydrogen-bond acceptors (Lipinski definition) is 2. The van der Waals surface area contributed by atoms with E-state index in [1.807, 2.05) is 0 Å². The molecule has 0 radical (unpaired) electrons. The summed E-state index contributed by atoms with van der Waals surface area (Å²) in [7, 11) is 0. The van der Waals surface area contributed by atoms with Crippen molar-refractivity contribution < 1.29 is 0 Å². The van der Waals surface area contributed by atoms with Crippen LogP contribution in [0.3, 0.4) is 0 Å². The molecule has 104 valence electrons. The molecule has 0 amide bonds. The normalized spacial score (nSPS) is 18.8. The fourth-order valence-electron chi connectivity index (χ4n) is 2.88. The van der Waals surface area contributed by atoms with E-state index in [0.717, 1.165) is 26.1 Å². The molecule has 2 nitrogen and oxygen atoms in total. The summed E-state index contributed by atoms with van der Waals surface area (Å²) in [6, 6.07) is 18.0. The fourth-order valence-corrected chi connectivity index (χ4v) is 3.24. The smallest absolute Gasteiger partial charge is 0.0265 e. The second kappa shape index (κ2) is 6.24. The van der Waals surface area contributed by atoms with Crippen LogP contribution in [-0.2, 0) is 19.5 Å². The van der Waals surface area contributed by atoms with Crippen molar-refractivity contribution in [2.75, 3.05) is 6.54 Å². The third kappa shape index (κ3) is 3.05. The molecule has 20 heavy (non-hydrogen) atoms. The van der Waals surface area contributed by atoms with Crippen LogP contribution in [0, 0.1) is 3.57 Å². The maximum absolute atomic E-state index is 5.99. The third-order valence-corrected chi connectivity index (χ3v) is 4.75. The highest BCUT2D eigenvalue weighted by atomic mass is 127. The van der Waals surface area contributed by atoms with Gasteiger partial charge in [0.15, 0.2) is 0 Å². The minimum Gasteiger partial charge on any atom is -0.329 e. The van der Waals surface area contributed by atoms with Crippen LogP contribution in [0.15, 0.2) is 48.5 Å². The molecular weight excluding hydrogens is 359 g/mol. The number of hydrogen-bond donors (Lipinski definition) is 1. The molecule has 1 aliphatic heterocycles. The van der Waals surface area contributed by atoms with Crippen LogP contribution in [-0.4, -0.2) is 17.5 Å². The minimum atomic E-state index is 0.448. The van der Waals surface area contributed by atoms with Gasteiger partial charge in [0, 0.05) is 29.2 Å². The van der Waals surface area contributed by atoms with Gasteiger partial charge in [-0.1, -0.05) is 36.4 Å². The van der Waals surface area contributed by atoms with Crippen molar-refractivity contribution in [3.8, 4) is 0 Å². The number of benzene rings is 2. The van der Waals surface area contributed by atoms with Gasteiger partial charge in [0.1, 0.15) is 0 Å². The van der Waals surface area contributed by atoms with E-state index in [1.165, 1.54) is 20.3 Å². The molecule has 0 bridgehead atoms. The van der Waals surface area contributed by atoms with E-state index >= 15 is 0 Å². The van der Waals surface area contributed by atoms with Gasteiger partial charge in [0.25, 0.3) is 0 Å². The topological polar surface area (TPSA) is 29.3 Å². The monoisotopic (exact) mass is 378 g/mol. The predicted octanol–water partition coefficient (Wildman–Crippen LogP) is 3.18. The summed E-state index contributed by atoms with van der Waals surface area (Å²) >= 11 is 2.35. The number of nitrogens with zero attached hydrogens (tertiary/aromatic N) is 1. The molecule has 0 saturated carbocycles. The van der Waals surface area contributed by atoms with E-state index in [-0.39, 0.29) is 0 Å². The van der Waals surface area contributed by atoms with Gasteiger partial charge in [0.05, 0.1) is 0 Å². The first-order valence-electron chi connectivity index (χ1n) is 7.01. The zero-order chi connectivity index (χ0) is 13.9. The van der Waals surface area contributed by atoms with Gasteiger partial charge in [-0.3, -0.25) is 4.90 Å². The Morgan fingerprint density at radius 1 is 1.05 bits per heavy atom. The minimum absolute atomic E-state index is 0.448. The Hall–Kier alpha value is -0.910. The number of nitrogens with two attached hydrogens (primary N) is 1. The molecule has 0 aromatic heterocycles. The Balaban J connectivity index is 1.80. The highest BCUT2D eigenvalue weighted by molar-refractivity contribution is 14.1. The van der Waals surface area contributed by atoms with Crippen LogP contribution in [0.25, 0.3) is 0 Å². The van der Waals surface area contributed by atoms with Crippen molar-refractivity contribution in [3.05, 3.63) is 68.8 Å². The van der Waals surface area contributed by atoms with Crippen LogP contribution in [0.2, 0.25) is 0 Å². The third-order valence-electron chi connectivity index (χ3n) is 4.03. The zero-order valence-corrected chi connectivity index (χ0v) is 13.6. The van der Waals surface area contributed by atoms with E-state index in [2.05, 4.69) is 76.0 Å². The van der Waals surface area contributed by atoms with Crippen LogP contribution >= 0.6 is 22.6 Å². The van der Waals surface area contributed by atoms with E-state index in [9.17, 15) is 0 Å². The lowest BCUT2D eigenvalue weighted by atomic mass is 9.93. The molecule has 1 heterocycles. The predicted molar refractivity (Wildman–Crippen MR) is 91.4 cm³/mol. The molecule has 2 N–H and O–H groups in total. The Labute approximate surface area is 134 Å². The van der Waals surface area contributed by atoms with E-state index in [0.29, 0.717) is 6.04 Å². The van der Waals surface area contributed by atoms with E-state index in [1.54, 1.807) is 0 Å². The summed E-state index contributed by atoms with van der Waals surface area (Å²) in [5, 5.41) is 0. The quantitative estimate of drug-likeness (QED) is 0.832. The number of fused-ring (bicyclic) bond motifs is 1. The summed E-state index contributed by atoms with van der Waals surface area (Å²) in [4.78, 5) is 2.50. The van der Waals surface area contributed by atoms with E-state index in [4.69, 9.17) is 5.73 Å². The molecule has 1 aliphatic rings. The van der Waals surface area contributed by atoms with E-state index < -0.39 is 0 Å². The van der Waals surface area contributed by atoms with Gasteiger partial charge in [0.2, 0.25) is 0 Å². The maximum atomic E-state index is 5.99. The molecule has 3 rings (SSSR count). The summed E-state index contributed by atoms with van der Waals surface area (Å²) in [5.74, 6) is 0. The van der Waals surface area contributed by atoms with Gasteiger partial charge in [-0.2, -0.15) is 0 Å². The van der Waals surface area contributed by atoms with Gasteiger partial charge in [-0.05, 0) is 57.8 Å². The molecule has 2 aromatic rings. The fraction of sp³-hybridized carbons (Fsp3) is 0.294. The lowest BCUT2D eigenvalue weighted by Gasteiger charge is -2.36. The summed E-state index contributed by atoms with van der Waals surface area (Å²) in [6.45, 7) is 2.70. The Kier molecular flexibility index (Phi) is 4.38. The standard InChI is InChI=1S/C17H19IN2/c18-16-7-5-13(6-8-16)11-20-12-15-4-2-1-3-14(15)9-17(20)10-19/h1-8,17H,9-12,19H2. The molecule has 0 aliphatic carbocycles. The van der Waals surface area contributed by atoms with Crippen LogP contribution in [0.4, 0.5) is 0 Å². The molecule has 2 aromatic carbocycles. The van der Waals surface area contributed by atoms with Gasteiger partial charge >= 0.3 is 0 Å². The van der Waals surface area contributed by atoms with Crippen molar-refractivity contribution in [1.29, 1.82) is 0 Å². The average molecular weight is 378 g/mol. The van der Waals surface area contributed by atoms with Gasteiger partial charge in [-0.25, -0.2) is 0 Å². The molecule has 1 unspecified atom stereocenters. The highest BCUT2D eigenvalue weighted by Gasteiger charge is 2.24. The number of rotatable bonds is 3. The van der Waals surface area contributed by atoms with Crippen LogP contribution in [0.5, 0.6) is 0 Å². The van der Waals surface area contributed by atoms with Gasteiger partial charge in [-0.15, -0.1) is 0 Å². The highest BCUT2D eigenvalue weighted by Crippen LogP contribution is 2.24. The van der Waals surface area contributed by atoms with Crippen molar-refractivity contribution >= 4 is 22.6 Å². The van der Waals surface area contributed by atoms with Crippen molar-refractivity contribution in [2.45, 2.75) is 25.6 Å². The first-order valence-corrected chi connectivity index (χ1v) is 8.09. The van der Waals surface area contributed by atoms with Crippen molar-refractivity contribution in [1.82, 2.24) is 4.90 Å². The Bertz CT molecular complexity index is 580. The first-order chi connectivity index (χ1) is 9.76. The Morgan fingerprint density at radius 3 is 2.45 bits per heavy atom. The summed E-state index contributed by atoms with van der Waals surface area (Å²) in [6.07, 6.45) is 1.07. The van der Waals surface area contributed by atoms with Crippen molar-refractivity contribution in [3.63, 3.8) is 0 Å². The lowest BCUT2D eigenvalue weighted by molar-refractivity contribution is 0.167. The van der Waals surface area contributed by atoms with Crippen LogP contribution in [0.1, 0.15) is 16.7 Å². The molecular formula is C17H19IN2. The second-order valence-electron chi connectivity index (χ2n) is 5.39. The zero-order valence-electron chi connectivity index (χ0n) is 11.4. The molecule has 0 spiro atoms. The molecule has 3 heteroatoms.